The number of carbonyl (C=O) groups is 1. The van der Waals surface area contributed by atoms with Crippen LogP contribution in [-0.2, 0) is 17.0 Å². The fourth-order valence-corrected chi connectivity index (χ4v) is 4.95. The molecule has 0 fully saturated rings. The van der Waals surface area contributed by atoms with Gasteiger partial charge in [-0.2, -0.15) is 0 Å². The molecule has 3 nitrogen and oxygen atoms in total. The van der Waals surface area contributed by atoms with Gasteiger partial charge in [0.25, 0.3) is 0 Å². The quantitative estimate of drug-likeness (QED) is 0.375. The first-order chi connectivity index (χ1) is 13.8. The van der Waals surface area contributed by atoms with E-state index in [9.17, 15) is 4.79 Å². The number of thiazole rings is 1. The summed E-state index contributed by atoms with van der Waals surface area (Å²) in [5.74, 6) is 0.940. The summed E-state index contributed by atoms with van der Waals surface area (Å²) in [6.07, 6.45) is 1.22. The molecule has 0 aliphatic carbocycles. The molecule has 3 aromatic carbocycles. The second-order valence-corrected chi connectivity index (χ2v) is 8.72. The van der Waals surface area contributed by atoms with Gasteiger partial charge in [0.05, 0.1) is 10.2 Å². The van der Waals surface area contributed by atoms with Crippen LogP contribution in [0.1, 0.15) is 17.5 Å². The minimum absolute atomic E-state index is 0.0337. The maximum Gasteiger partial charge on any atom is 0.224 e. The van der Waals surface area contributed by atoms with Gasteiger partial charge < -0.3 is 5.32 Å². The summed E-state index contributed by atoms with van der Waals surface area (Å²) in [6, 6.07) is 26.4. The first kappa shape index (κ1) is 18.7. The highest BCUT2D eigenvalue weighted by molar-refractivity contribution is 8.00. The Morgan fingerprint density at radius 3 is 2.39 bits per heavy atom. The topological polar surface area (TPSA) is 42.0 Å². The Labute approximate surface area is 172 Å². The normalized spacial score (nSPS) is 10.9. The van der Waals surface area contributed by atoms with Crippen LogP contribution >= 0.6 is 23.1 Å². The van der Waals surface area contributed by atoms with Gasteiger partial charge in [0.2, 0.25) is 5.91 Å². The average molecular weight is 405 g/mol. The van der Waals surface area contributed by atoms with Crippen molar-refractivity contribution >= 4 is 44.9 Å². The Bertz CT molecular complexity index is 1060. The molecule has 0 aliphatic heterocycles. The molecule has 4 rings (SSSR count). The number of amides is 1. The number of fused-ring (bicyclic) bond motifs is 1. The molecule has 0 bridgehead atoms. The van der Waals surface area contributed by atoms with Crippen LogP contribution in [0, 0.1) is 0 Å². The van der Waals surface area contributed by atoms with E-state index in [0.29, 0.717) is 6.42 Å². The summed E-state index contributed by atoms with van der Waals surface area (Å²) in [6.45, 7) is 0. The SMILES string of the molecule is O=C(CCc1ccccc1)Nc1ccc2nc(SCc3ccccc3)sc2c1. The lowest BCUT2D eigenvalue weighted by atomic mass is 10.1. The maximum atomic E-state index is 12.3. The lowest BCUT2D eigenvalue weighted by molar-refractivity contribution is -0.116. The van der Waals surface area contributed by atoms with Gasteiger partial charge in [0.1, 0.15) is 0 Å². The van der Waals surface area contributed by atoms with Gasteiger partial charge in [-0.1, -0.05) is 72.4 Å². The van der Waals surface area contributed by atoms with Gasteiger partial charge in [-0.25, -0.2) is 4.98 Å². The third-order valence-corrected chi connectivity index (χ3v) is 6.57. The number of thioether (sulfide) groups is 1. The summed E-state index contributed by atoms with van der Waals surface area (Å²) < 4.78 is 2.14. The minimum atomic E-state index is 0.0337. The van der Waals surface area contributed by atoms with Crippen LogP contribution in [0.25, 0.3) is 10.2 Å². The van der Waals surface area contributed by atoms with Crippen LogP contribution in [0.3, 0.4) is 0 Å². The second-order valence-electron chi connectivity index (χ2n) is 6.47. The second kappa shape index (κ2) is 9.04. The zero-order valence-corrected chi connectivity index (χ0v) is 16.9. The fourth-order valence-electron chi connectivity index (χ4n) is 2.89. The van der Waals surface area contributed by atoms with Gasteiger partial charge >= 0.3 is 0 Å². The molecule has 1 heterocycles. The largest absolute Gasteiger partial charge is 0.326 e. The number of rotatable bonds is 7. The molecule has 0 spiro atoms. The first-order valence-electron chi connectivity index (χ1n) is 9.17. The van der Waals surface area contributed by atoms with E-state index < -0.39 is 0 Å². The molecule has 0 saturated carbocycles. The highest BCUT2D eigenvalue weighted by Gasteiger charge is 2.08. The molecular formula is C23H20N2OS2. The van der Waals surface area contributed by atoms with E-state index in [1.54, 1.807) is 23.1 Å². The number of anilines is 1. The molecular weight excluding hydrogens is 384 g/mol. The average Bonchev–Trinajstić information content (AvgIpc) is 3.14. The van der Waals surface area contributed by atoms with Crippen molar-refractivity contribution < 1.29 is 4.79 Å². The fraction of sp³-hybridized carbons (Fsp3) is 0.130. The van der Waals surface area contributed by atoms with E-state index in [-0.39, 0.29) is 5.91 Å². The van der Waals surface area contributed by atoms with Gasteiger partial charge in [-0.15, -0.1) is 11.3 Å². The zero-order chi connectivity index (χ0) is 19.2. The Hall–Kier alpha value is -2.63. The maximum absolute atomic E-state index is 12.3. The van der Waals surface area contributed by atoms with Crippen molar-refractivity contribution in [3.63, 3.8) is 0 Å². The van der Waals surface area contributed by atoms with Crippen molar-refractivity contribution in [1.82, 2.24) is 4.98 Å². The Morgan fingerprint density at radius 2 is 1.64 bits per heavy atom. The van der Waals surface area contributed by atoms with E-state index in [2.05, 4.69) is 29.6 Å². The van der Waals surface area contributed by atoms with Crippen LogP contribution in [0.15, 0.2) is 83.2 Å². The van der Waals surface area contributed by atoms with Crippen molar-refractivity contribution in [3.05, 3.63) is 90.0 Å². The summed E-state index contributed by atoms with van der Waals surface area (Å²) in [5, 5.41) is 3.00. The zero-order valence-electron chi connectivity index (χ0n) is 15.3. The Balaban J connectivity index is 1.36. The molecule has 0 atom stereocenters. The summed E-state index contributed by atoms with van der Waals surface area (Å²) in [4.78, 5) is 17.0. The lowest BCUT2D eigenvalue weighted by Crippen LogP contribution is -2.12. The van der Waals surface area contributed by atoms with E-state index in [1.807, 2.05) is 54.6 Å². The standard InChI is InChI=1S/C23H20N2OS2/c26-22(14-11-17-7-3-1-4-8-17)24-19-12-13-20-21(15-19)28-23(25-20)27-16-18-9-5-2-6-10-18/h1-10,12-13,15H,11,14,16H2,(H,24,26). The monoisotopic (exact) mass is 404 g/mol. The third-order valence-electron chi connectivity index (χ3n) is 4.34. The Morgan fingerprint density at radius 1 is 0.929 bits per heavy atom. The van der Waals surface area contributed by atoms with Gasteiger partial charge in [0.15, 0.2) is 4.34 Å². The summed E-state index contributed by atoms with van der Waals surface area (Å²) in [7, 11) is 0. The number of nitrogens with one attached hydrogen (secondary N) is 1. The lowest BCUT2D eigenvalue weighted by Gasteiger charge is -2.05. The number of hydrogen-bond acceptors (Lipinski definition) is 4. The molecule has 1 N–H and O–H groups in total. The first-order valence-corrected chi connectivity index (χ1v) is 11.0. The van der Waals surface area contributed by atoms with Crippen molar-refractivity contribution in [2.45, 2.75) is 22.9 Å². The van der Waals surface area contributed by atoms with Gasteiger partial charge in [-0.05, 0) is 35.7 Å². The van der Waals surface area contributed by atoms with Crippen molar-refractivity contribution in [1.29, 1.82) is 0 Å². The molecule has 0 unspecified atom stereocenters. The van der Waals surface area contributed by atoms with Gasteiger partial charge in [-0.3, -0.25) is 4.79 Å². The molecule has 0 radical (unpaired) electrons. The third kappa shape index (κ3) is 5.00. The van der Waals surface area contributed by atoms with Crippen LogP contribution in [0.2, 0.25) is 0 Å². The van der Waals surface area contributed by atoms with E-state index in [4.69, 9.17) is 4.98 Å². The Kier molecular flexibility index (Phi) is 6.04. The highest BCUT2D eigenvalue weighted by Crippen LogP contribution is 2.32. The number of carbonyl (C=O) groups excluding carboxylic acids is 1. The summed E-state index contributed by atoms with van der Waals surface area (Å²) in [5.41, 5.74) is 4.27. The molecule has 1 aromatic heterocycles. The van der Waals surface area contributed by atoms with Crippen molar-refractivity contribution in [3.8, 4) is 0 Å². The minimum Gasteiger partial charge on any atom is -0.326 e. The number of aromatic nitrogens is 1. The molecule has 5 heteroatoms. The molecule has 0 aliphatic rings. The predicted molar refractivity (Wildman–Crippen MR) is 119 cm³/mol. The summed E-state index contributed by atoms with van der Waals surface area (Å²) >= 11 is 3.41. The van der Waals surface area contributed by atoms with E-state index >= 15 is 0 Å². The molecule has 1 amide bonds. The molecule has 4 aromatic rings. The van der Waals surface area contributed by atoms with Gasteiger partial charge in [0, 0.05) is 17.9 Å². The number of benzene rings is 3. The van der Waals surface area contributed by atoms with Crippen molar-refractivity contribution in [2.24, 2.45) is 0 Å². The van der Waals surface area contributed by atoms with E-state index in [1.165, 1.54) is 11.1 Å². The highest BCUT2D eigenvalue weighted by atomic mass is 32.2. The predicted octanol–water partition coefficient (Wildman–Crippen LogP) is 6.16. The molecule has 140 valence electrons. The smallest absolute Gasteiger partial charge is 0.224 e. The van der Waals surface area contributed by atoms with E-state index in [0.717, 1.165) is 32.4 Å². The van der Waals surface area contributed by atoms with Crippen LogP contribution in [0.4, 0.5) is 5.69 Å². The molecule has 0 saturated heterocycles. The number of nitrogens with zero attached hydrogens (tertiary/aromatic N) is 1. The van der Waals surface area contributed by atoms with Crippen LogP contribution in [0.5, 0.6) is 0 Å². The molecule has 28 heavy (non-hydrogen) atoms. The van der Waals surface area contributed by atoms with Crippen LogP contribution < -0.4 is 5.32 Å². The number of aryl methyl sites for hydroxylation is 1. The van der Waals surface area contributed by atoms with Crippen molar-refractivity contribution in [2.75, 3.05) is 5.32 Å². The van der Waals surface area contributed by atoms with Crippen LogP contribution in [-0.4, -0.2) is 10.9 Å². The number of hydrogen-bond donors (Lipinski definition) is 1.